The Balaban J connectivity index is 2.35. The summed E-state index contributed by atoms with van der Waals surface area (Å²) < 4.78 is 5.49. The van der Waals surface area contributed by atoms with Gasteiger partial charge in [0.15, 0.2) is 0 Å². The molecule has 1 fully saturated rings. The van der Waals surface area contributed by atoms with Crippen molar-refractivity contribution in [1.29, 1.82) is 0 Å². The molecule has 1 aliphatic carbocycles. The zero-order valence-corrected chi connectivity index (χ0v) is 9.18. The van der Waals surface area contributed by atoms with Gasteiger partial charge in [-0.05, 0) is 26.2 Å². The maximum atomic E-state index is 5.49. The Bertz CT molecular complexity index is 138. The SMILES string of the molecule is CCC(C)NC1CCCCC1OC. The van der Waals surface area contributed by atoms with Crippen molar-refractivity contribution >= 4 is 0 Å². The largest absolute Gasteiger partial charge is 0.380 e. The van der Waals surface area contributed by atoms with Crippen LogP contribution in [0.4, 0.5) is 0 Å². The zero-order valence-electron chi connectivity index (χ0n) is 9.18. The second-order valence-electron chi connectivity index (χ2n) is 4.14. The number of nitrogens with one attached hydrogen (secondary N) is 1. The van der Waals surface area contributed by atoms with Crippen LogP contribution in [0.5, 0.6) is 0 Å². The molecule has 1 saturated carbocycles. The third-order valence-corrected chi connectivity index (χ3v) is 3.12. The second kappa shape index (κ2) is 5.61. The zero-order chi connectivity index (χ0) is 9.68. The van der Waals surface area contributed by atoms with Crippen LogP contribution >= 0.6 is 0 Å². The molecule has 0 heterocycles. The highest BCUT2D eigenvalue weighted by Gasteiger charge is 2.25. The Morgan fingerprint density at radius 1 is 1.38 bits per heavy atom. The van der Waals surface area contributed by atoms with E-state index in [1.54, 1.807) is 0 Å². The summed E-state index contributed by atoms with van der Waals surface area (Å²) in [5, 5.41) is 3.64. The molecule has 0 aromatic heterocycles. The van der Waals surface area contributed by atoms with Gasteiger partial charge in [-0.25, -0.2) is 0 Å². The minimum Gasteiger partial charge on any atom is -0.380 e. The van der Waals surface area contributed by atoms with E-state index in [-0.39, 0.29) is 0 Å². The Morgan fingerprint density at radius 2 is 2.08 bits per heavy atom. The summed E-state index contributed by atoms with van der Waals surface area (Å²) in [6.07, 6.45) is 6.84. The van der Waals surface area contributed by atoms with Crippen molar-refractivity contribution in [2.75, 3.05) is 7.11 Å². The van der Waals surface area contributed by atoms with Crippen molar-refractivity contribution in [1.82, 2.24) is 5.32 Å². The van der Waals surface area contributed by atoms with Gasteiger partial charge in [0.2, 0.25) is 0 Å². The fourth-order valence-corrected chi connectivity index (χ4v) is 2.05. The monoisotopic (exact) mass is 185 g/mol. The van der Waals surface area contributed by atoms with E-state index in [0.717, 1.165) is 0 Å². The van der Waals surface area contributed by atoms with Gasteiger partial charge < -0.3 is 10.1 Å². The van der Waals surface area contributed by atoms with E-state index >= 15 is 0 Å². The number of methoxy groups -OCH3 is 1. The van der Waals surface area contributed by atoms with E-state index in [1.165, 1.54) is 32.1 Å². The second-order valence-corrected chi connectivity index (χ2v) is 4.14. The van der Waals surface area contributed by atoms with Gasteiger partial charge in [0, 0.05) is 19.2 Å². The van der Waals surface area contributed by atoms with Crippen molar-refractivity contribution in [2.45, 2.75) is 64.1 Å². The Morgan fingerprint density at radius 3 is 2.69 bits per heavy atom. The Labute approximate surface area is 82.0 Å². The maximum Gasteiger partial charge on any atom is 0.0724 e. The van der Waals surface area contributed by atoms with Gasteiger partial charge in [-0.3, -0.25) is 0 Å². The average Bonchev–Trinajstić information content (AvgIpc) is 2.18. The molecule has 0 aromatic carbocycles. The van der Waals surface area contributed by atoms with Crippen LogP contribution in [0.15, 0.2) is 0 Å². The van der Waals surface area contributed by atoms with Crippen molar-refractivity contribution in [2.24, 2.45) is 0 Å². The van der Waals surface area contributed by atoms with Gasteiger partial charge in [0.05, 0.1) is 6.10 Å². The summed E-state index contributed by atoms with van der Waals surface area (Å²) in [6, 6.07) is 1.22. The molecule has 0 saturated heterocycles. The molecule has 0 aromatic rings. The molecular weight excluding hydrogens is 162 g/mol. The number of ether oxygens (including phenoxy) is 1. The minimum absolute atomic E-state index is 0.447. The van der Waals surface area contributed by atoms with E-state index in [1.807, 2.05) is 7.11 Å². The van der Waals surface area contributed by atoms with Crippen molar-refractivity contribution in [3.63, 3.8) is 0 Å². The van der Waals surface area contributed by atoms with Crippen molar-refractivity contribution < 1.29 is 4.74 Å². The molecule has 1 N–H and O–H groups in total. The van der Waals surface area contributed by atoms with E-state index < -0.39 is 0 Å². The molecule has 3 atom stereocenters. The number of hydrogen-bond donors (Lipinski definition) is 1. The molecule has 0 aliphatic heterocycles. The van der Waals surface area contributed by atoms with Crippen LogP contribution < -0.4 is 5.32 Å². The molecule has 78 valence electrons. The quantitative estimate of drug-likeness (QED) is 0.726. The Kier molecular flexibility index (Phi) is 4.74. The molecule has 3 unspecified atom stereocenters. The molecule has 0 spiro atoms. The first kappa shape index (κ1) is 11.0. The van der Waals surface area contributed by atoms with Crippen molar-refractivity contribution in [3.8, 4) is 0 Å². The number of hydrogen-bond acceptors (Lipinski definition) is 2. The topological polar surface area (TPSA) is 21.3 Å². The highest BCUT2D eigenvalue weighted by molar-refractivity contribution is 4.83. The lowest BCUT2D eigenvalue weighted by Gasteiger charge is -2.33. The lowest BCUT2D eigenvalue weighted by atomic mass is 9.92. The average molecular weight is 185 g/mol. The van der Waals surface area contributed by atoms with Gasteiger partial charge in [-0.1, -0.05) is 19.8 Å². The molecule has 13 heavy (non-hydrogen) atoms. The number of rotatable bonds is 4. The van der Waals surface area contributed by atoms with E-state index in [0.29, 0.717) is 18.2 Å². The first-order valence-electron chi connectivity index (χ1n) is 5.56. The van der Waals surface area contributed by atoms with Crippen LogP contribution in [0.2, 0.25) is 0 Å². The third-order valence-electron chi connectivity index (χ3n) is 3.12. The van der Waals surface area contributed by atoms with Gasteiger partial charge in [-0.2, -0.15) is 0 Å². The molecule has 0 bridgehead atoms. The summed E-state index contributed by atoms with van der Waals surface area (Å²) in [6.45, 7) is 4.48. The van der Waals surface area contributed by atoms with Crippen LogP contribution in [0, 0.1) is 0 Å². The summed E-state index contributed by atoms with van der Waals surface area (Å²) in [5.41, 5.74) is 0. The predicted molar refractivity (Wildman–Crippen MR) is 55.9 cm³/mol. The summed E-state index contributed by atoms with van der Waals surface area (Å²) in [7, 11) is 1.83. The fraction of sp³-hybridized carbons (Fsp3) is 1.00. The van der Waals surface area contributed by atoms with Gasteiger partial charge in [0.1, 0.15) is 0 Å². The minimum atomic E-state index is 0.447. The highest BCUT2D eigenvalue weighted by Crippen LogP contribution is 2.21. The van der Waals surface area contributed by atoms with Crippen LogP contribution in [0.3, 0.4) is 0 Å². The molecular formula is C11H23NO. The predicted octanol–water partition coefficient (Wildman–Crippen LogP) is 2.33. The van der Waals surface area contributed by atoms with E-state index in [9.17, 15) is 0 Å². The summed E-state index contributed by atoms with van der Waals surface area (Å²) in [4.78, 5) is 0. The fourth-order valence-electron chi connectivity index (χ4n) is 2.05. The first-order valence-corrected chi connectivity index (χ1v) is 5.56. The van der Waals surface area contributed by atoms with Crippen LogP contribution in [0.1, 0.15) is 46.0 Å². The van der Waals surface area contributed by atoms with E-state index in [2.05, 4.69) is 19.2 Å². The lowest BCUT2D eigenvalue weighted by molar-refractivity contribution is 0.0383. The normalized spacial score (nSPS) is 31.6. The highest BCUT2D eigenvalue weighted by atomic mass is 16.5. The molecule has 0 radical (unpaired) electrons. The van der Waals surface area contributed by atoms with Crippen LogP contribution in [-0.2, 0) is 4.74 Å². The summed E-state index contributed by atoms with van der Waals surface area (Å²) in [5.74, 6) is 0. The smallest absolute Gasteiger partial charge is 0.0724 e. The van der Waals surface area contributed by atoms with Gasteiger partial charge in [-0.15, -0.1) is 0 Å². The lowest BCUT2D eigenvalue weighted by Crippen LogP contribution is -2.46. The molecule has 0 amide bonds. The Hall–Kier alpha value is -0.0800. The van der Waals surface area contributed by atoms with Gasteiger partial charge in [0.25, 0.3) is 0 Å². The molecule has 2 heteroatoms. The van der Waals surface area contributed by atoms with Crippen molar-refractivity contribution in [3.05, 3.63) is 0 Å². The maximum absolute atomic E-state index is 5.49. The molecule has 2 nitrogen and oxygen atoms in total. The molecule has 1 rings (SSSR count). The van der Waals surface area contributed by atoms with Crippen LogP contribution in [0.25, 0.3) is 0 Å². The first-order chi connectivity index (χ1) is 6.27. The third kappa shape index (κ3) is 3.28. The standard InChI is InChI=1S/C11H23NO/c1-4-9(2)12-10-7-5-6-8-11(10)13-3/h9-12H,4-8H2,1-3H3. The van der Waals surface area contributed by atoms with E-state index in [4.69, 9.17) is 4.74 Å². The van der Waals surface area contributed by atoms with Crippen LogP contribution in [-0.4, -0.2) is 25.3 Å². The molecule has 1 aliphatic rings. The summed E-state index contributed by atoms with van der Waals surface area (Å²) >= 11 is 0. The van der Waals surface area contributed by atoms with Gasteiger partial charge >= 0.3 is 0 Å².